The molecule has 0 radical (unpaired) electrons. The highest BCUT2D eigenvalue weighted by molar-refractivity contribution is 14.0. The number of hydrogen-bond acceptors (Lipinski definition) is 5. The molecule has 132 valence electrons. The molecule has 0 amide bonds. The van der Waals surface area contributed by atoms with E-state index in [1.807, 2.05) is 38.1 Å². The number of guanidine groups is 1. The van der Waals surface area contributed by atoms with E-state index in [-0.39, 0.29) is 24.0 Å². The summed E-state index contributed by atoms with van der Waals surface area (Å²) in [4.78, 5) is 14.8. The zero-order valence-corrected chi connectivity index (χ0v) is 16.5. The number of halogens is 1. The van der Waals surface area contributed by atoms with Crippen LogP contribution in [0.4, 0.5) is 0 Å². The number of rotatable bonds is 7. The Bertz CT molecular complexity index is 617. The van der Waals surface area contributed by atoms with Crippen molar-refractivity contribution < 1.29 is 4.74 Å². The predicted octanol–water partition coefficient (Wildman–Crippen LogP) is 1.30. The molecule has 0 aromatic carbocycles. The van der Waals surface area contributed by atoms with Crippen LogP contribution in [0.25, 0.3) is 0 Å². The molecule has 0 unspecified atom stereocenters. The lowest BCUT2D eigenvalue weighted by Crippen LogP contribution is -2.39. The summed E-state index contributed by atoms with van der Waals surface area (Å²) < 4.78 is 7.35. The molecular weight excluding hydrogens is 421 g/mol. The average Bonchev–Trinajstić information content (AvgIpc) is 2.96. The first kappa shape index (κ1) is 20.1. The van der Waals surface area contributed by atoms with Crippen LogP contribution in [0.1, 0.15) is 12.7 Å². The minimum absolute atomic E-state index is 0. The van der Waals surface area contributed by atoms with Crippen LogP contribution in [0.3, 0.4) is 0 Å². The highest BCUT2D eigenvalue weighted by Crippen LogP contribution is 2.05. The van der Waals surface area contributed by atoms with Crippen LogP contribution in [-0.2, 0) is 13.6 Å². The number of pyridine rings is 1. The predicted molar refractivity (Wildman–Crippen MR) is 104 cm³/mol. The number of aromatic nitrogens is 4. The third kappa shape index (κ3) is 6.30. The van der Waals surface area contributed by atoms with E-state index in [9.17, 15) is 0 Å². The van der Waals surface area contributed by atoms with Crippen molar-refractivity contribution >= 4 is 29.9 Å². The Morgan fingerprint density at radius 3 is 2.92 bits per heavy atom. The first-order chi connectivity index (χ1) is 11.2. The van der Waals surface area contributed by atoms with Crippen molar-refractivity contribution in [1.29, 1.82) is 0 Å². The van der Waals surface area contributed by atoms with Crippen LogP contribution in [0.5, 0.6) is 5.75 Å². The first-order valence-electron chi connectivity index (χ1n) is 7.56. The van der Waals surface area contributed by atoms with E-state index in [2.05, 4.69) is 25.4 Å². The van der Waals surface area contributed by atoms with Gasteiger partial charge in [0.1, 0.15) is 24.5 Å². The molecule has 9 heteroatoms. The molecule has 0 atom stereocenters. The summed E-state index contributed by atoms with van der Waals surface area (Å²) >= 11 is 0. The number of aliphatic imine (C=N–C) groups is 1. The smallest absolute Gasteiger partial charge is 0.194 e. The second kappa shape index (κ2) is 10.8. The van der Waals surface area contributed by atoms with Crippen LogP contribution < -0.4 is 10.1 Å². The third-order valence-corrected chi connectivity index (χ3v) is 3.14. The maximum Gasteiger partial charge on any atom is 0.194 e. The maximum atomic E-state index is 5.60. The molecule has 0 spiro atoms. The molecule has 2 aromatic rings. The Balaban J connectivity index is 0.00000288. The topological polar surface area (TPSA) is 80.5 Å². The van der Waals surface area contributed by atoms with Gasteiger partial charge in [0.25, 0.3) is 0 Å². The van der Waals surface area contributed by atoms with Crippen LogP contribution in [0.2, 0.25) is 0 Å². The zero-order chi connectivity index (χ0) is 16.5. The van der Waals surface area contributed by atoms with E-state index in [0.29, 0.717) is 19.7 Å². The normalized spacial score (nSPS) is 10.9. The van der Waals surface area contributed by atoms with Crippen molar-refractivity contribution in [2.45, 2.75) is 13.5 Å². The zero-order valence-electron chi connectivity index (χ0n) is 14.2. The van der Waals surface area contributed by atoms with Crippen LogP contribution in [0.15, 0.2) is 35.8 Å². The monoisotopic (exact) mass is 445 g/mol. The van der Waals surface area contributed by atoms with Gasteiger partial charge in [0.05, 0.1) is 19.3 Å². The molecule has 0 bridgehead atoms. The number of nitrogens with zero attached hydrogens (tertiary/aromatic N) is 6. The Kier molecular flexibility index (Phi) is 9.05. The third-order valence-electron chi connectivity index (χ3n) is 3.14. The highest BCUT2D eigenvalue weighted by atomic mass is 127. The maximum absolute atomic E-state index is 5.60. The largest absolute Gasteiger partial charge is 0.490 e. The fourth-order valence-electron chi connectivity index (χ4n) is 1.97. The second-order valence-electron chi connectivity index (χ2n) is 4.93. The van der Waals surface area contributed by atoms with E-state index < -0.39 is 0 Å². The molecule has 2 rings (SSSR count). The minimum atomic E-state index is 0. The van der Waals surface area contributed by atoms with E-state index in [4.69, 9.17) is 4.74 Å². The Hall–Kier alpha value is -1.91. The SMILES string of the molecule is CCNC(=NCCOc1cccnc1)N(C)Cc1ncnn1C.I. The summed E-state index contributed by atoms with van der Waals surface area (Å²) in [5, 5.41) is 7.34. The summed E-state index contributed by atoms with van der Waals surface area (Å²) in [6.45, 7) is 4.52. The lowest BCUT2D eigenvalue weighted by Gasteiger charge is -2.21. The fraction of sp³-hybridized carbons (Fsp3) is 0.467. The Labute approximate surface area is 159 Å². The molecule has 0 saturated heterocycles. The van der Waals surface area contributed by atoms with Gasteiger partial charge in [0.15, 0.2) is 5.96 Å². The molecule has 0 fully saturated rings. The van der Waals surface area contributed by atoms with Crippen molar-refractivity contribution in [2.24, 2.45) is 12.0 Å². The number of ether oxygens (including phenoxy) is 1. The van der Waals surface area contributed by atoms with Gasteiger partial charge in [-0.2, -0.15) is 5.10 Å². The van der Waals surface area contributed by atoms with Crippen molar-refractivity contribution in [3.8, 4) is 5.75 Å². The number of nitrogens with one attached hydrogen (secondary N) is 1. The molecule has 0 aliphatic carbocycles. The quantitative estimate of drug-likeness (QED) is 0.300. The summed E-state index contributed by atoms with van der Waals surface area (Å²) in [5.41, 5.74) is 0. The van der Waals surface area contributed by atoms with E-state index in [0.717, 1.165) is 24.1 Å². The average molecular weight is 445 g/mol. The van der Waals surface area contributed by atoms with Gasteiger partial charge in [-0.1, -0.05) is 0 Å². The first-order valence-corrected chi connectivity index (χ1v) is 7.56. The van der Waals surface area contributed by atoms with E-state index in [1.165, 1.54) is 0 Å². The Morgan fingerprint density at radius 1 is 1.46 bits per heavy atom. The van der Waals surface area contributed by atoms with Crippen molar-refractivity contribution in [3.05, 3.63) is 36.7 Å². The molecule has 2 aromatic heterocycles. The van der Waals surface area contributed by atoms with Gasteiger partial charge < -0.3 is 15.0 Å². The van der Waals surface area contributed by atoms with Crippen molar-refractivity contribution in [3.63, 3.8) is 0 Å². The molecular formula is C15H24IN7O. The van der Waals surface area contributed by atoms with Crippen LogP contribution in [0, 0.1) is 0 Å². The summed E-state index contributed by atoms with van der Waals surface area (Å²) in [6.07, 6.45) is 4.96. The lowest BCUT2D eigenvalue weighted by atomic mass is 10.5. The van der Waals surface area contributed by atoms with Crippen LogP contribution >= 0.6 is 24.0 Å². The van der Waals surface area contributed by atoms with Gasteiger partial charge in [-0.15, -0.1) is 24.0 Å². The van der Waals surface area contributed by atoms with Crippen LogP contribution in [-0.4, -0.2) is 57.4 Å². The molecule has 0 aliphatic heterocycles. The highest BCUT2D eigenvalue weighted by Gasteiger charge is 2.09. The Morgan fingerprint density at radius 2 is 2.29 bits per heavy atom. The fourth-order valence-corrected chi connectivity index (χ4v) is 1.97. The summed E-state index contributed by atoms with van der Waals surface area (Å²) in [7, 11) is 3.85. The standard InChI is InChI=1S/C15H23N7O.HI/c1-4-17-15(21(2)11-14-19-12-20-22(14)3)18-8-9-23-13-6-5-7-16-10-13;/h5-7,10,12H,4,8-9,11H2,1-3H3,(H,17,18);1H. The van der Waals surface area contributed by atoms with Gasteiger partial charge in [-0.25, -0.2) is 9.98 Å². The summed E-state index contributed by atoms with van der Waals surface area (Å²) in [6, 6.07) is 3.72. The molecule has 0 aliphatic rings. The van der Waals surface area contributed by atoms with Crippen molar-refractivity contribution in [1.82, 2.24) is 30.0 Å². The van der Waals surface area contributed by atoms with Gasteiger partial charge in [0.2, 0.25) is 0 Å². The molecule has 0 saturated carbocycles. The van der Waals surface area contributed by atoms with E-state index in [1.54, 1.807) is 23.4 Å². The second-order valence-corrected chi connectivity index (χ2v) is 4.93. The minimum Gasteiger partial charge on any atom is -0.490 e. The van der Waals surface area contributed by atoms with Gasteiger partial charge in [0, 0.05) is 26.8 Å². The molecule has 1 N–H and O–H groups in total. The van der Waals surface area contributed by atoms with E-state index >= 15 is 0 Å². The molecule has 8 nitrogen and oxygen atoms in total. The van der Waals surface area contributed by atoms with Crippen molar-refractivity contribution in [2.75, 3.05) is 26.7 Å². The lowest BCUT2D eigenvalue weighted by molar-refractivity contribution is 0.326. The van der Waals surface area contributed by atoms with Gasteiger partial charge in [-0.05, 0) is 19.1 Å². The van der Waals surface area contributed by atoms with Gasteiger partial charge >= 0.3 is 0 Å². The number of hydrogen-bond donors (Lipinski definition) is 1. The molecule has 24 heavy (non-hydrogen) atoms. The van der Waals surface area contributed by atoms with Gasteiger partial charge in [-0.3, -0.25) is 9.67 Å². The number of aryl methyl sites for hydroxylation is 1. The summed E-state index contributed by atoms with van der Waals surface area (Å²) in [5.74, 6) is 2.44. The molecule has 2 heterocycles.